The molecule has 0 unspecified atom stereocenters. The minimum absolute atomic E-state index is 0.0897. The van der Waals surface area contributed by atoms with Crippen LogP contribution in [0.25, 0.3) is 17.2 Å². The molecule has 0 fully saturated rings. The summed E-state index contributed by atoms with van der Waals surface area (Å²) in [6.07, 6.45) is 5.46. The Morgan fingerprint density at radius 1 is 0.857 bits per heavy atom. The second-order valence-corrected chi connectivity index (χ2v) is 9.18. The number of para-hydroxylation sites is 1. The highest BCUT2D eigenvalue weighted by molar-refractivity contribution is 6.08. The van der Waals surface area contributed by atoms with Crippen molar-refractivity contribution in [2.75, 3.05) is 33.9 Å². The van der Waals surface area contributed by atoms with Gasteiger partial charge in [-0.3, -0.25) is 4.79 Å². The van der Waals surface area contributed by atoms with Gasteiger partial charge in [-0.1, -0.05) is 60.9 Å². The molecule has 0 atom stereocenters. The number of carbonyl (C=O) groups excluding carboxylic acids is 1. The zero-order chi connectivity index (χ0) is 25.2. The molecule has 0 aliphatic heterocycles. The lowest BCUT2D eigenvalue weighted by atomic mass is 9.98. The summed E-state index contributed by atoms with van der Waals surface area (Å²) in [5.41, 5.74) is 6.13. The molecule has 35 heavy (non-hydrogen) atoms. The molecule has 3 aromatic carbocycles. The average molecular weight is 472 g/mol. The summed E-state index contributed by atoms with van der Waals surface area (Å²) in [6.45, 7) is 8.31. The van der Waals surface area contributed by atoms with Crippen molar-refractivity contribution in [2.45, 2.75) is 33.6 Å². The topological polar surface area (TPSA) is 38.8 Å². The van der Waals surface area contributed by atoms with Crippen molar-refractivity contribution >= 4 is 11.9 Å². The Labute approximate surface area is 210 Å². The van der Waals surface area contributed by atoms with Crippen LogP contribution in [0.3, 0.4) is 0 Å². The molecule has 0 saturated carbocycles. The van der Waals surface area contributed by atoms with Gasteiger partial charge in [-0.25, -0.2) is 0 Å². The van der Waals surface area contributed by atoms with E-state index >= 15 is 0 Å². The van der Waals surface area contributed by atoms with E-state index in [0.29, 0.717) is 24.5 Å². The highest BCUT2D eigenvalue weighted by Gasteiger charge is 2.11. The molecule has 184 valence electrons. The first-order valence-corrected chi connectivity index (χ1v) is 12.3. The highest BCUT2D eigenvalue weighted by atomic mass is 16.5. The molecule has 0 aliphatic carbocycles. The summed E-state index contributed by atoms with van der Waals surface area (Å²) in [4.78, 5) is 15.2. The van der Waals surface area contributed by atoms with Crippen molar-refractivity contribution in [3.8, 4) is 22.6 Å². The zero-order valence-corrected chi connectivity index (χ0v) is 21.6. The molecule has 3 aromatic rings. The summed E-state index contributed by atoms with van der Waals surface area (Å²) in [7, 11) is 4.04. The van der Waals surface area contributed by atoms with E-state index in [1.54, 1.807) is 6.08 Å². The van der Waals surface area contributed by atoms with E-state index in [-0.39, 0.29) is 5.78 Å². The minimum atomic E-state index is -0.0897. The quantitative estimate of drug-likeness (QED) is 0.162. The van der Waals surface area contributed by atoms with Gasteiger partial charge in [-0.05, 0) is 81.9 Å². The largest absolute Gasteiger partial charge is 0.493 e. The van der Waals surface area contributed by atoms with Gasteiger partial charge in [0.05, 0.1) is 12.2 Å². The number of unbranched alkanes of at least 4 members (excludes halogenated alkanes) is 1. The molecule has 0 N–H and O–H groups in total. The maximum atomic E-state index is 13.1. The van der Waals surface area contributed by atoms with Gasteiger partial charge in [0, 0.05) is 12.1 Å². The van der Waals surface area contributed by atoms with E-state index in [4.69, 9.17) is 9.47 Å². The SMILES string of the molecule is CCCCOc1ccccc1C(=O)C=Cc1cc(-c2cc(C)cc(C)c2)ccc1OCCN(C)C. The van der Waals surface area contributed by atoms with Crippen LogP contribution in [0.15, 0.2) is 66.7 Å². The minimum Gasteiger partial charge on any atom is -0.493 e. The smallest absolute Gasteiger partial charge is 0.189 e. The monoisotopic (exact) mass is 471 g/mol. The number of ketones is 1. The van der Waals surface area contributed by atoms with Gasteiger partial charge in [0.25, 0.3) is 0 Å². The fraction of sp³-hybridized carbons (Fsp3) is 0.323. The predicted octanol–water partition coefficient (Wildman–Crippen LogP) is 6.99. The van der Waals surface area contributed by atoms with Crippen LogP contribution >= 0.6 is 0 Å². The predicted molar refractivity (Wildman–Crippen MR) is 146 cm³/mol. The van der Waals surface area contributed by atoms with E-state index < -0.39 is 0 Å². The molecule has 0 saturated heterocycles. The lowest BCUT2D eigenvalue weighted by Gasteiger charge is -2.14. The number of benzene rings is 3. The summed E-state index contributed by atoms with van der Waals surface area (Å²) in [5.74, 6) is 1.30. The number of hydrogen-bond donors (Lipinski definition) is 0. The van der Waals surface area contributed by atoms with Crippen molar-refractivity contribution < 1.29 is 14.3 Å². The molecule has 0 heterocycles. The Bertz CT molecular complexity index is 1140. The molecule has 0 aliphatic rings. The Morgan fingerprint density at radius 3 is 2.29 bits per heavy atom. The Kier molecular flexibility index (Phi) is 9.68. The lowest BCUT2D eigenvalue weighted by Crippen LogP contribution is -2.19. The molecule has 4 heteroatoms. The van der Waals surface area contributed by atoms with Gasteiger partial charge in [-0.15, -0.1) is 0 Å². The number of hydrogen-bond acceptors (Lipinski definition) is 4. The number of aryl methyl sites for hydroxylation is 2. The van der Waals surface area contributed by atoms with Crippen LogP contribution in [0.5, 0.6) is 11.5 Å². The van der Waals surface area contributed by atoms with E-state index in [1.165, 1.54) is 11.1 Å². The second-order valence-electron chi connectivity index (χ2n) is 9.18. The molecule has 0 bridgehead atoms. The summed E-state index contributed by atoms with van der Waals surface area (Å²) in [5, 5.41) is 0. The van der Waals surface area contributed by atoms with Crippen molar-refractivity contribution in [3.05, 3.63) is 89.0 Å². The van der Waals surface area contributed by atoms with Crippen molar-refractivity contribution in [3.63, 3.8) is 0 Å². The lowest BCUT2D eigenvalue weighted by molar-refractivity contribution is 0.104. The molecule has 0 aromatic heterocycles. The molecule has 0 radical (unpaired) electrons. The maximum absolute atomic E-state index is 13.1. The van der Waals surface area contributed by atoms with Gasteiger partial charge in [-0.2, -0.15) is 0 Å². The van der Waals surface area contributed by atoms with Gasteiger partial charge < -0.3 is 14.4 Å². The van der Waals surface area contributed by atoms with Gasteiger partial charge in [0.15, 0.2) is 5.78 Å². The third-order valence-electron chi connectivity index (χ3n) is 5.68. The number of ether oxygens (including phenoxy) is 2. The molecule has 3 rings (SSSR count). The third-order valence-corrected chi connectivity index (χ3v) is 5.68. The fourth-order valence-corrected chi connectivity index (χ4v) is 3.85. The van der Waals surface area contributed by atoms with Gasteiger partial charge >= 0.3 is 0 Å². The van der Waals surface area contributed by atoms with E-state index in [2.05, 4.69) is 56.0 Å². The van der Waals surface area contributed by atoms with E-state index in [1.807, 2.05) is 50.5 Å². The number of allylic oxidation sites excluding steroid dienone is 1. The highest BCUT2D eigenvalue weighted by Crippen LogP contribution is 2.30. The Hall–Kier alpha value is -3.37. The van der Waals surface area contributed by atoms with Crippen LogP contribution in [0.1, 0.15) is 46.8 Å². The molecular weight excluding hydrogens is 434 g/mol. The van der Waals surface area contributed by atoms with Crippen molar-refractivity contribution in [1.82, 2.24) is 4.90 Å². The molecule has 0 amide bonds. The average Bonchev–Trinajstić information content (AvgIpc) is 2.82. The molecular formula is C31H37NO3. The van der Waals surface area contributed by atoms with Crippen LogP contribution in [-0.4, -0.2) is 44.5 Å². The van der Waals surface area contributed by atoms with E-state index in [0.717, 1.165) is 41.8 Å². The number of likely N-dealkylation sites (N-methyl/N-ethyl adjacent to an activating group) is 1. The number of nitrogens with zero attached hydrogens (tertiary/aromatic N) is 1. The maximum Gasteiger partial charge on any atom is 0.189 e. The molecule has 0 spiro atoms. The Morgan fingerprint density at radius 2 is 1.57 bits per heavy atom. The number of carbonyl (C=O) groups is 1. The first-order valence-electron chi connectivity index (χ1n) is 12.3. The Balaban J connectivity index is 1.91. The van der Waals surface area contributed by atoms with Gasteiger partial charge in [0.2, 0.25) is 0 Å². The summed E-state index contributed by atoms with van der Waals surface area (Å²) < 4.78 is 11.9. The standard InChI is InChI=1S/C31H37NO3/c1-6-7-17-34-31-11-9-8-10-28(31)29(33)14-12-26-22-25(27-20-23(2)19-24(3)21-27)13-15-30(26)35-18-16-32(4)5/h8-15,19-22H,6-7,16-18H2,1-5H3. The zero-order valence-electron chi connectivity index (χ0n) is 21.6. The summed E-state index contributed by atoms with van der Waals surface area (Å²) >= 11 is 0. The van der Waals surface area contributed by atoms with Crippen LogP contribution in [0.2, 0.25) is 0 Å². The van der Waals surface area contributed by atoms with Gasteiger partial charge in [0.1, 0.15) is 18.1 Å². The number of rotatable bonds is 12. The van der Waals surface area contributed by atoms with Crippen LogP contribution in [0.4, 0.5) is 0 Å². The van der Waals surface area contributed by atoms with Crippen LogP contribution < -0.4 is 9.47 Å². The fourth-order valence-electron chi connectivity index (χ4n) is 3.85. The first kappa shape index (κ1) is 26.2. The van der Waals surface area contributed by atoms with E-state index in [9.17, 15) is 4.79 Å². The third kappa shape index (κ3) is 7.83. The van der Waals surface area contributed by atoms with Crippen LogP contribution in [0, 0.1) is 13.8 Å². The second kappa shape index (κ2) is 12.9. The van der Waals surface area contributed by atoms with Crippen molar-refractivity contribution in [2.24, 2.45) is 0 Å². The normalized spacial score (nSPS) is 11.3. The molecule has 4 nitrogen and oxygen atoms in total. The first-order chi connectivity index (χ1) is 16.9. The van der Waals surface area contributed by atoms with Crippen molar-refractivity contribution in [1.29, 1.82) is 0 Å². The van der Waals surface area contributed by atoms with Crippen LogP contribution in [-0.2, 0) is 0 Å². The summed E-state index contributed by atoms with van der Waals surface area (Å²) in [6, 6.07) is 20.1.